The summed E-state index contributed by atoms with van der Waals surface area (Å²) >= 11 is 0. The Morgan fingerprint density at radius 1 is 1.11 bits per heavy atom. The molecule has 3 heteroatoms. The van der Waals surface area contributed by atoms with Crippen LogP contribution in [-0.4, -0.2) is 20.8 Å². The Morgan fingerprint density at radius 2 is 1.89 bits per heavy atom. The van der Waals surface area contributed by atoms with E-state index in [4.69, 9.17) is 9.47 Å². The third-order valence-electron chi connectivity index (χ3n) is 4.00. The monoisotopic (exact) mass is 263 g/mol. The molecule has 0 aromatic heterocycles. The maximum atomic E-state index is 5.39. The molecule has 0 radical (unpaired) electrons. The van der Waals surface area contributed by atoms with Crippen molar-refractivity contribution in [3.05, 3.63) is 18.2 Å². The molecule has 1 aromatic rings. The summed E-state index contributed by atoms with van der Waals surface area (Å²) in [4.78, 5) is 0. The van der Waals surface area contributed by atoms with E-state index in [0.29, 0.717) is 0 Å². The second-order valence-corrected chi connectivity index (χ2v) is 5.29. The molecule has 0 bridgehead atoms. The molecule has 1 aliphatic rings. The van der Waals surface area contributed by atoms with Crippen LogP contribution in [0.2, 0.25) is 0 Å². The van der Waals surface area contributed by atoms with E-state index >= 15 is 0 Å². The Balaban J connectivity index is 1.84. The molecule has 3 nitrogen and oxygen atoms in total. The molecule has 0 atom stereocenters. The largest absolute Gasteiger partial charge is 0.497 e. The normalized spacial score (nSPS) is 16.1. The summed E-state index contributed by atoms with van der Waals surface area (Å²) in [5, 5.41) is 3.48. The second kappa shape index (κ2) is 7.27. The minimum atomic E-state index is 0.828. The van der Waals surface area contributed by atoms with E-state index in [2.05, 4.69) is 5.32 Å². The zero-order chi connectivity index (χ0) is 13.5. The fourth-order valence-electron chi connectivity index (χ4n) is 2.83. The van der Waals surface area contributed by atoms with Crippen LogP contribution in [0.3, 0.4) is 0 Å². The fraction of sp³-hybridized carbons (Fsp3) is 0.625. The number of ether oxygens (including phenoxy) is 2. The van der Waals surface area contributed by atoms with Gasteiger partial charge in [0, 0.05) is 12.6 Å². The van der Waals surface area contributed by atoms with Crippen molar-refractivity contribution in [3.63, 3.8) is 0 Å². The molecule has 1 aliphatic carbocycles. The van der Waals surface area contributed by atoms with Crippen LogP contribution in [0.1, 0.15) is 38.5 Å². The first kappa shape index (κ1) is 14.0. The Hall–Kier alpha value is -1.38. The van der Waals surface area contributed by atoms with Crippen molar-refractivity contribution in [1.29, 1.82) is 0 Å². The van der Waals surface area contributed by atoms with E-state index in [1.807, 2.05) is 18.2 Å². The summed E-state index contributed by atoms with van der Waals surface area (Å²) in [5.41, 5.74) is 1.05. The van der Waals surface area contributed by atoms with Crippen LogP contribution >= 0.6 is 0 Å². The topological polar surface area (TPSA) is 30.5 Å². The lowest BCUT2D eigenvalue weighted by molar-refractivity contribution is 0.345. The highest BCUT2D eigenvalue weighted by atomic mass is 16.5. The minimum absolute atomic E-state index is 0.828. The van der Waals surface area contributed by atoms with Crippen molar-refractivity contribution in [2.24, 2.45) is 5.92 Å². The molecule has 106 valence electrons. The summed E-state index contributed by atoms with van der Waals surface area (Å²) in [6, 6.07) is 5.91. The number of nitrogens with one attached hydrogen (secondary N) is 1. The highest BCUT2D eigenvalue weighted by Gasteiger charge is 2.13. The summed E-state index contributed by atoms with van der Waals surface area (Å²) in [5.74, 6) is 2.59. The summed E-state index contributed by atoms with van der Waals surface area (Å²) in [6.07, 6.45) is 8.32. The fourth-order valence-corrected chi connectivity index (χ4v) is 2.83. The predicted octanol–water partition coefficient (Wildman–Crippen LogP) is 4.09. The van der Waals surface area contributed by atoms with Crippen LogP contribution in [-0.2, 0) is 0 Å². The summed E-state index contributed by atoms with van der Waals surface area (Å²) in [6.45, 7) is 1.02. The van der Waals surface area contributed by atoms with Gasteiger partial charge in [0.1, 0.15) is 11.5 Å². The van der Waals surface area contributed by atoms with Gasteiger partial charge in [0.05, 0.1) is 19.9 Å². The van der Waals surface area contributed by atoms with Gasteiger partial charge in [-0.15, -0.1) is 0 Å². The molecule has 2 rings (SSSR count). The Kier molecular flexibility index (Phi) is 5.37. The zero-order valence-corrected chi connectivity index (χ0v) is 12.1. The van der Waals surface area contributed by atoms with Crippen molar-refractivity contribution < 1.29 is 9.47 Å². The van der Waals surface area contributed by atoms with Crippen molar-refractivity contribution in [2.45, 2.75) is 38.5 Å². The highest BCUT2D eigenvalue weighted by Crippen LogP contribution is 2.30. The average molecular weight is 263 g/mol. The first-order chi connectivity index (χ1) is 9.33. The van der Waals surface area contributed by atoms with Gasteiger partial charge in [-0.1, -0.05) is 32.1 Å². The lowest BCUT2D eigenvalue weighted by Crippen LogP contribution is -2.12. The molecule has 19 heavy (non-hydrogen) atoms. The number of anilines is 1. The number of methoxy groups -OCH3 is 2. The lowest BCUT2D eigenvalue weighted by atomic mass is 9.87. The van der Waals surface area contributed by atoms with E-state index in [9.17, 15) is 0 Å². The second-order valence-electron chi connectivity index (χ2n) is 5.29. The molecule has 0 aliphatic heterocycles. The maximum Gasteiger partial charge on any atom is 0.145 e. The van der Waals surface area contributed by atoms with E-state index in [0.717, 1.165) is 29.6 Å². The van der Waals surface area contributed by atoms with E-state index in [1.165, 1.54) is 38.5 Å². The third kappa shape index (κ3) is 4.05. The number of hydrogen-bond donors (Lipinski definition) is 1. The Bertz CT molecular complexity index is 386. The SMILES string of the molecule is COc1ccc(NCCC2CCCCC2)c(OC)c1. The average Bonchev–Trinajstić information content (AvgIpc) is 2.48. The molecule has 1 fully saturated rings. The minimum Gasteiger partial charge on any atom is -0.497 e. The number of benzene rings is 1. The maximum absolute atomic E-state index is 5.39. The molecule has 0 saturated heterocycles. The first-order valence-corrected chi connectivity index (χ1v) is 7.29. The van der Waals surface area contributed by atoms with Gasteiger partial charge in [0.25, 0.3) is 0 Å². The number of rotatable bonds is 6. The van der Waals surface area contributed by atoms with Crippen LogP contribution in [0.4, 0.5) is 5.69 Å². The van der Waals surface area contributed by atoms with Gasteiger partial charge in [-0.25, -0.2) is 0 Å². The summed E-state index contributed by atoms with van der Waals surface area (Å²) in [7, 11) is 3.37. The van der Waals surface area contributed by atoms with Crippen molar-refractivity contribution >= 4 is 5.69 Å². The molecular weight excluding hydrogens is 238 g/mol. The van der Waals surface area contributed by atoms with Gasteiger partial charge in [0.15, 0.2) is 0 Å². The standard InChI is InChI=1S/C16H25NO2/c1-18-14-8-9-15(16(12-14)19-2)17-11-10-13-6-4-3-5-7-13/h8-9,12-13,17H,3-7,10-11H2,1-2H3. The van der Waals surface area contributed by atoms with Gasteiger partial charge in [0.2, 0.25) is 0 Å². The van der Waals surface area contributed by atoms with Crippen LogP contribution in [0.5, 0.6) is 11.5 Å². The van der Waals surface area contributed by atoms with Gasteiger partial charge in [-0.3, -0.25) is 0 Å². The van der Waals surface area contributed by atoms with Gasteiger partial charge < -0.3 is 14.8 Å². The van der Waals surface area contributed by atoms with Gasteiger partial charge in [-0.2, -0.15) is 0 Å². The van der Waals surface area contributed by atoms with Crippen LogP contribution < -0.4 is 14.8 Å². The molecule has 1 saturated carbocycles. The van der Waals surface area contributed by atoms with Crippen molar-refractivity contribution in [3.8, 4) is 11.5 Å². The Morgan fingerprint density at radius 3 is 2.58 bits per heavy atom. The molecule has 1 aromatic carbocycles. The van der Waals surface area contributed by atoms with E-state index in [-0.39, 0.29) is 0 Å². The third-order valence-corrected chi connectivity index (χ3v) is 4.00. The molecule has 0 spiro atoms. The van der Waals surface area contributed by atoms with E-state index < -0.39 is 0 Å². The van der Waals surface area contributed by atoms with Crippen LogP contribution in [0, 0.1) is 5.92 Å². The Labute approximate surface area is 116 Å². The lowest BCUT2D eigenvalue weighted by Gasteiger charge is -2.22. The molecule has 0 amide bonds. The molecule has 0 unspecified atom stereocenters. The number of hydrogen-bond acceptors (Lipinski definition) is 3. The van der Waals surface area contributed by atoms with Gasteiger partial charge >= 0.3 is 0 Å². The smallest absolute Gasteiger partial charge is 0.145 e. The van der Waals surface area contributed by atoms with E-state index in [1.54, 1.807) is 14.2 Å². The van der Waals surface area contributed by atoms with Crippen molar-refractivity contribution in [2.75, 3.05) is 26.1 Å². The quantitative estimate of drug-likeness (QED) is 0.838. The molecule has 1 N–H and O–H groups in total. The molecule has 0 heterocycles. The predicted molar refractivity (Wildman–Crippen MR) is 79.2 cm³/mol. The summed E-state index contributed by atoms with van der Waals surface area (Å²) < 4.78 is 10.6. The highest BCUT2D eigenvalue weighted by molar-refractivity contribution is 5.59. The van der Waals surface area contributed by atoms with Crippen molar-refractivity contribution in [1.82, 2.24) is 0 Å². The first-order valence-electron chi connectivity index (χ1n) is 7.29. The van der Waals surface area contributed by atoms with Crippen LogP contribution in [0.15, 0.2) is 18.2 Å². The van der Waals surface area contributed by atoms with Crippen LogP contribution in [0.25, 0.3) is 0 Å². The molecular formula is C16H25NO2. The van der Waals surface area contributed by atoms with Gasteiger partial charge in [-0.05, 0) is 24.5 Å². The zero-order valence-electron chi connectivity index (χ0n) is 12.1.